The van der Waals surface area contributed by atoms with Crippen LogP contribution in [0.2, 0.25) is 0 Å². The predicted octanol–water partition coefficient (Wildman–Crippen LogP) is 1.42. The largest absolute Gasteiger partial charge is 0.391 e. The van der Waals surface area contributed by atoms with Crippen LogP contribution in [-0.2, 0) is 22.4 Å². The molecule has 138 valence electrons. The Labute approximate surface area is 152 Å². The number of aromatic amines is 1. The van der Waals surface area contributed by atoms with Gasteiger partial charge in [-0.05, 0) is 30.9 Å². The van der Waals surface area contributed by atoms with Crippen LogP contribution < -0.4 is 5.32 Å². The van der Waals surface area contributed by atoms with Crippen molar-refractivity contribution in [3.05, 3.63) is 47.2 Å². The maximum atomic E-state index is 12.4. The zero-order chi connectivity index (χ0) is 18.7. The van der Waals surface area contributed by atoms with Gasteiger partial charge in [-0.1, -0.05) is 24.3 Å². The lowest BCUT2D eigenvalue weighted by molar-refractivity contribution is -0.134. The number of amides is 2. The van der Waals surface area contributed by atoms with Gasteiger partial charge in [-0.3, -0.25) is 14.7 Å². The first kappa shape index (κ1) is 18.1. The molecule has 1 aromatic carbocycles. The number of aryl methyl sites for hydroxylation is 3. The summed E-state index contributed by atoms with van der Waals surface area (Å²) >= 11 is 0. The number of aromatic nitrogens is 2. The fourth-order valence-electron chi connectivity index (χ4n) is 3.33. The number of H-pyrrole nitrogens is 1. The van der Waals surface area contributed by atoms with Gasteiger partial charge in [0.25, 0.3) is 0 Å². The molecule has 3 N–H and O–H groups in total. The molecule has 1 aromatic heterocycles. The molecular formula is C19H24N4O3. The molecule has 2 heterocycles. The van der Waals surface area contributed by atoms with Crippen molar-refractivity contribution in [2.45, 2.75) is 45.3 Å². The fourth-order valence-corrected chi connectivity index (χ4v) is 3.33. The van der Waals surface area contributed by atoms with Gasteiger partial charge in [-0.2, -0.15) is 5.10 Å². The highest BCUT2D eigenvalue weighted by Crippen LogP contribution is 2.20. The number of carbonyl (C=O) groups excluding carboxylic acids is 2. The highest BCUT2D eigenvalue weighted by atomic mass is 16.3. The van der Waals surface area contributed by atoms with Crippen molar-refractivity contribution in [2.24, 2.45) is 0 Å². The predicted molar refractivity (Wildman–Crippen MR) is 97.6 cm³/mol. The number of benzene rings is 1. The minimum Gasteiger partial charge on any atom is -0.391 e. The molecule has 7 heteroatoms. The van der Waals surface area contributed by atoms with Crippen LogP contribution in [0.5, 0.6) is 0 Å². The molecule has 1 aliphatic heterocycles. The van der Waals surface area contributed by atoms with Crippen LogP contribution in [0, 0.1) is 6.92 Å². The number of aliphatic hydroxyl groups is 1. The van der Waals surface area contributed by atoms with E-state index in [0.29, 0.717) is 5.82 Å². The van der Waals surface area contributed by atoms with E-state index in [1.807, 2.05) is 12.1 Å². The second kappa shape index (κ2) is 7.70. The molecule has 1 saturated heterocycles. The Bertz CT molecular complexity index is 802. The normalized spacial score (nSPS) is 19.6. The van der Waals surface area contributed by atoms with Gasteiger partial charge < -0.3 is 15.3 Å². The number of β-amino-alcohol motifs (C(OH)–C–C–N with tert-alkyl or cyclic N) is 1. The molecule has 0 aliphatic carbocycles. The number of nitrogens with one attached hydrogen (secondary N) is 2. The van der Waals surface area contributed by atoms with E-state index in [1.165, 1.54) is 23.0 Å². The topological polar surface area (TPSA) is 98.3 Å². The Balaban J connectivity index is 1.59. The Hall–Kier alpha value is -2.67. The van der Waals surface area contributed by atoms with Crippen molar-refractivity contribution >= 4 is 17.6 Å². The van der Waals surface area contributed by atoms with Crippen molar-refractivity contribution in [1.29, 1.82) is 0 Å². The van der Waals surface area contributed by atoms with Crippen LogP contribution in [0.25, 0.3) is 0 Å². The lowest BCUT2D eigenvalue weighted by Gasteiger charge is -2.21. The van der Waals surface area contributed by atoms with Crippen LogP contribution in [0.3, 0.4) is 0 Å². The second-order valence-electron chi connectivity index (χ2n) is 6.77. The number of rotatable bonds is 5. The number of anilines is 1. The van der Waals surface area contributed by atoms with E-state index in [4.69, 9.17) is 0 Å². The van der Waals surface area contributed by atoms with Gasteiger partial charge >= 0.3 is 0 Å². The maximum Gasteiger partial charge on any atom is 0.248 e. The Morgan fingerprint density at radius 1 is 1.35 bits per heavy atom. The zero-order valence-corrected chi connectivity index (χ0v) is 15.0. The molecule has 0 saturated carbocycles. The van der Waals surface area contributed by atoms with Gasteiger partial charge in [-0.25, -0.2) is 0 Å². The van der Waals surface area contributed by atoms with E-state index >= 15 is 0 Å². The average Bonchev–Trinajstić information content (AvgIpc) is 3.20. The molecule has 0 radical (unpaired) electrons. The van der Waals surface area contributed by atoms with Crippen LogP contribution >= 0.6 is 0 Å². The van der Waals surface area contributed by atoms with E-state index in [2.05, 4.69) is 34.6 Å². The minimum absolute atomic E-state index is 0.190. The molecule has 2 aromatic rings. The molecule has 3 rings (SSSR count). The summed E-state index contributed by atoms with van der Waals surface area (Å²) in [7, 11) is 0. The van der Waals surface area contributed by atoms with Crippen molar-refractivity contribution in [1.82, 2.24) is 15.1 Å². The summed E-state index contributed by atoms with van der Waals surface area (Å²) in [5, 5.41) is 19.5. The third-order valence-electron chi connectivity index (χ3n) is 4.79. The minimum atomic E-state index is -0.668. The van der Waals surface area contributed by atoms with Gasteiger partial charge in [0, 0.05) is 31.6 Å². The molecular weight excluding hydrogens is 332 g/mol. The lowest BCUT2D eigenvalue weighted by Crippen LogP contribution is -2.42. The van der Waals surface area contributed by atoms with Crippen molar-refractivity contribution in [3.8, 4) is 0 Å². The number of hydrogen-bond acceptors (Lipinski definition) is 4. The smallest absolute Gasteiger partial charge is 0.248 e. The van der Waals surface area contributed by atoms with Gasteiger partial charge in [0.05, 0.1) is 6.10 Å². The molecule has 0 spiro atoms. The summed E-state index contributed by atoms with van der Waals surface area (Å²) in [6, 6.07) is 9.39. The number of likely N-dealkylation sites (tertiary alicyclic amines) is 1. The third-order valence-corrected chi connectivity index (χ3v) is 4.79. The zero-order valence-electron chi connectivity index (χ0n) is 15.0. The molecule has 1 fully saturated rings. The summed E-state index contributed by atoms with van der Waals surface area (Å²) in [5.74, 6) is -0.115. The van der Waals surface area contributed by atoms with Crippen LogP contribution in [0.1, 0.15) is 30.2 Å². The van der Waals surface area contributed by atoms with Crippen LogP contribution in [0.4, 0.5) is 5.82 Å². The van der Waals surface area contributed by atoms with Crippen molar-refractivity contribution in [2.75, 3.05) is 11.9 Å². The summed E-state index contributed by atoms with van der Waals surface area (Å²) < 4.78 is 0. The van der Waals surface area contributed by atoms with Crippen LogP contribution in [-0.4, -0.2) is 50.7 Å². The average molecular weight is 356 g/mol. The highest BCUT2D eigenvalue weighted by Gasteiger charge is 2.37. The third kappa shape index (κ3) is 4.11. The maximum absolute atomic E-state index is 12.4. The van der Waals surface area contributed by atoms with E-state index in [0.717, 1.165) is 18.5 Å². The molecule has 2 amide bonds. The molecule has 26 heavy (non-hydrogen) atoms. The van der Waals surface area contributed by atoms with Crippen LogP contribution in [0.15, 0.2) is 30.3 Å². The monoisotopic (exact) mass is 356 g/mol. The first-order valence-electron chi connectivity index (χ1n) is 8.79. The summed E-state index contributed by atoms with van der Waals surface area (Å²) in [6.45, 7) is 3.68. The number of carbonyl (C=O) groups is 2. The van der Waals surface area contributed by atoms with Crippen molar-refractivity contribution < 1.29 is 14.7 Å². The van der Waals surface area contributed by atoms with E-state index < -0.39 is 12.1 Å². The molecule has 0 bridgehead atoms. The van der Waals surface area contributed by atoms with E-state index in [9.17, 15) is 14.7 Å². The van der Waals surface area contributed by atoms with Crippen molar-refractivity contribution in [3.63, 3.8) is 0 Å². The summed E-state index contributed by atoms with van der Waals surface area (Å²) in [4.78, 5) is 25.5. The Kier molecular flexibility index (Phi) is 5.37. The molecule has 2 atom stereocenters. The van der Waals surface area contributed by atoms with E-state index in [-0.39, 0.29) is 24.8 Å². The lowest BCUT2D eigenvalue weighted by atomic mass is 10.0. The number of hydrogen-bond donors (Lipinski definition) is 3. The quantitative estimate of drug-likeness (QED) is 0.755. The summed E-state index contributed by atoms with van der Waals surface area (Å²) in [6.07, 6.45) is 1.25. The van der Waals surface area contributed by atoms with Gasteiger partial charge in [0.1, 0.15) is 6.04 Å². The summed E-state index contributed by atoms with van der Waals surface area (Å²) in [5.41, 5.74) is 3.47. The highest BCUT2D eigenvalue weighted by molar-refractivity contribution is 5.96. The van der Waals surface area contributed by atoms with E-state index in [1.54, 1.807) is 6.07 Å². The number of aliphatic hydroxyl groups excluding tert-OH is 1. The second-order valence-corrected chi connectivity index (χ2v) is 6.77. The Morgan fingerprint density at radius 2 is 2.12 bits per heavy atom. The van der Waals surface area contributed by atoms with Gasteiger partial charge in [0.15, 0.2) is 5.82 Å². The molecule has 0 unspecified atom stereocenters. The first-order chi connectivity index (χ1) is 12.4. The molecule has 7 nitrogen and oxygen atoms in total. The Morgan fingerprint density at radius 3 is 2.85 bits per heavy atom. The fraction of sp³-hybridized carbons (Fsp3) is 0.421. The number of nitrogens with zero attached hydrogens (tertiary/aromatic N) is 2. The van der Waals surface area contributed by atoms with Gasteiger partial charge in [0.2, 0.25) is 11.8 Å². The van der Waals surface area contributed by atoms with Gasteiger partial charge in [-0.15, -0.1) is 0 Å². The SMILES string of the molecule is CC(=O)N1C[C@H](O)C[C@@H]1C(=O)Nc1cc(CCc2ccccc2C)[nH]n1. The standard InChI is InChI=1S/C19H24N4O3/c1-12-5-3-4-6-14(12)7-8-15-9-18(22-21-15)20-19(26)17-10-16(25)11-23(17)13(2)24/h3-6,9,16-17,25H,7-8,10-11H2,1-2H3,(H2,20,21,22,26)/t16-,17-/m1/s1. The first-order valence-corrected chi connectivity index (χ1v) is 8.79. The molecule has 1 aliphatic rings.